The minimum absolute atomic E-state index is 0.288. The van der Waals surface area contributed by atoms with Gasteiger partial charge < -0.3 is 4.48 Å². The molecule has 2 spiro atoms. The first kappa shape index (κ1) is 12.0. The molecular formula is C13H24NO2S+. The van der Waals surface area contributed by atoms with E-state index in [0.29, 0.717) is 16.9 Å². The van der Waals surface area contributed by atoms with Crippen LogP contribution in [0, 0.1) is 5.41 Å². The summed E-state index contributed by atoms with van der Waals surface area (Å²) in [5, 5.41) is 0. The molecule has 0 amide bonds. The molecule has 1 aliphatic carbocycles. The Balaban J connectivity index is 1.87. The van der Waals surface area contributed by atoms with Gasteiger partial charge in [-0.3, -0.25) is 0 Å². The highest BCUT2D eigenvalue weighted by atomic mass is 32.2. The summed E-state index contributed by atoms with van der Waals surface area (Å²) >= 11 is 0. The SMILES string of the molecule is CC1(C)CC2(CCC2)C[N+]12CCS(=O)(=O)CC2. The van der Waals surface area contributed by atoms with Crippen molar-refractivity contribution in [3.05, 3.63) is 0 Å². The van der Waals surface area contributed by atoms with Crippen molar-refractivity contribution in [3.8, 4) is 0 Å². The van der Waals surface area contributed by atoms with Crippen LogP contribution in [-0.4, -0.2) is 49.6 Å². The monoisotopic (exact) mass is 258 g/mol. The Morgan fingerprint density at radius 2 is 1.65 bits per heavy atom. The van der Waals surface area contributed by atoms with E-state index in [1.165, 1.54) is 32.2 Å². The first-order chi connectivity index (χ1) is 7.79. The molecule has 0 aromatic heterocycles. The molecule has 4 heteroatoms. The summed E-state index contributed by atoms with van der Waals surface area (Å²) in [7, 11) is -2.74. The lowest BCUT2D eigenvalue weighted by Gasteiger charge is -2.48. The topological polar surface area (TPSA) is 34.1 Å². The van der Waals surface area contributed by atoms with Gasteiger partial charge in [0.05, 0.1) is 36.7 Å². The van der Waals surface area contributed by atoms with Crippen molar-refractivity contribution >= 4 is 9.84 Å². The second-order valence-electron chi connectivity index (χ2n) is 7.25. The van der Waals surface area contributed by atoms with Gasteiger partial charge in [-0.15, -0.1) is 0 Å². The van der Waals surface area contributed by atoms with Crippen LogP contribution < -0.4 is 0 Å². The molecule has 0 aromatic rings. The number of quaternary nitrogens is 1. The first-order valence-corrected chi connectivity index (χ1v) is 8.67. The fourth-order valence-electron chi connectivity index (χ4n) is 4.61. The van der Waals surface area contributed by atoms with E-state index in [1.54, 1.807) is 0 Å². The molecular weight excluding hydrogens is 234 g/mol. The van der Waals surface area contributed by atoms with Gasteiger partial charge in [-0.25, -0.2) is 8.42 Å². The van der Waals surface area contributed by atoms with Crippen LogP contribution in [0.5, 0.6) is 0 Å². The zero-order valence-electron chi connectivity index (χ0n) is 11.0. The Labute approximate surface area is 105 Å². The van der Waals surface area contributed by atoms with E-state index in [2.05, 4.69) is 13.8 Å². The van der Waals surface area contributed by atoms with Crippen molar-refractivity contribution in [2.75, 3.05) is 31.1 Å². The van der Waals surface area contributed by atoms with E-state index in [-0.39, 0.29) is 5.54 Å². The van der Waals surface area contributed by atoms with E-state index in [0.717, 1.165) is 17.6 Å². The van der Waals surface area contributed by atoms with E-state index in [1.807, 2.05) is 0 Å². The lowest BCUT2D eigenvalue weighted by atomic mass is 9.66. The highest BCUT2D eigenvalue weighted by molar-refractivity contribution is 7.91. The van der Waals surface area contributed by atoms with Gasteiger partial charge in [0.2, 0.25) is 0 Å². The maximum Gasteiger partial charge on any atom is 0.161 e. The number of hydrogen-bond donors (Lipinski definition) is 0. The summed E-state index contributed by atoms with van der Waals surface area (Å²) in [6, 6.07) is 0. The van der Waals surface area contributed by atoms with Crippen LogP contribution in [0.4, 0.5) is 0 Å². The fourth-order valence-corrected chi connectivity index (χ4v) is 6.07. The van der Waals surface area contributed by atoms with Gasteiger partial charge in [-0.1, -0.05) is 6.42 Å². The summed E-state index contributed by atoms with van der Waals surface area (Å²) < 4.78 is 24.3. The quantitative estimate of drug-likeness (QED) is 0.618. The van der Waals surface area contributed by atoms with Gasteiger partial charge in [-0.2, -0.15) is 0 Å². The van der Waals surface area contributed by atoms with Gasteiger partial charge in [0, 0.05) is 11.8 Å². The van der Waals surface area contributed by atoms with Gasteiger partial charge in [0.25, 0.3) is 0 Å². The summed E-state index contributed by atoms with van der Waals surface area (Å²) in [5.41, 5.74) is 0.862. The number of hydrogen-bond acceptors (Lipinski definition) is 2. The predicted molar refractivity (Wildman–Crippen MR) is 68.5 cm³/mol. The minimum atomic E-state index is -2.74. The molecule has 2 saturated heterocycles. The third-order valence-electron chi connectivity index (χ3n) is 5.80. The molecule has 2 heterocycles. The summed E-state index contributed by atoms with van der Waals surface area (Å²) in [4.78, 5) is 0. The van der Waals surface area contributed by atoms with Gasteiger partial charge >= 0.3 is 0 Å². The highest BCUT2D eigenvalue weighted by Gasteiger charge is 2.62. The highest BCUT2D eigenvalue weighted by Crippen LogP contribution is 2.57. The third kappa shape index (κ3) is 1.67. The standard InChI is InChI=1S/C13H24NO2S/c1-12(2)10-13(4-3-5-13)11-14(12)6-8-17(15,16)9-7-14/h3-11H2,1-2H3/q+1. The largest absolute Gasteiger partial charge is 0.317 e. The average Bonchev–Trinajstić information content (AvgIpc) is 2.41. The zero-order valence-corrected chi connectivity index (χ0v) is 11.9. The number of rotatable bonds is 0. The minimum Gasteiger partial charge on any atom is -0.317 e. The van der Waals surface area contributed by atoms with E-state index < -0.39 is 9.84 Å². The summed E-state index contributed by atoms with van der Waals surface area (Å²) in [6.45, 7) is 7.68. The maximum absolute atomic E-state index is 11.6. The Morgan fingerprint density at radius 1 is 1.06 bits per heavy atom. The van der Waals surface area contributed by atoms with Crippen molar-refractivity contribution < 1.29 is 12.9 Å². The van der Waals surface area contributed by atoms with Crippen molar-refractivity contribution in [3.63, 3.8) is 0 Å². The smallest absolute Gasteiger partial charge is 0.161 e. The molecule has 2 aliphatic heterocycles. The molecule has 0 atom stereocenters. The van der Waals surface area contributed by atoms with Crippen LogP contribution in [0.3, 0.4) is 0 Å². The molecule has 3 nitrogen and oxygen atoms in total. The van der Waals surface area contributed by atoms with Crippen molar-refractivity contribution in [2.45, 2.75) is 45.1 Å². The predicted octanol–water partition coefficient (Wildman–Crippen LogP) is 1.58. The molecule has 3 fully saturated rings. The second kappa shape index (κ2) is 3.27. The second-order valence-corrected chi connectivity index (χ2v) is 9.55. The Kier molecular flexibility index (Phi) is 2.30. The lowest BCUT2D eigenvalue weighted by Crippen LogP contribution is -2.64. The Hall–Kier alpha value is -0.0900. The van der Waals surface area contributed by atoms with Crippen molar-refractivity contribution in [2.24, 2.45) is 5.41 Å². The van der Waals surface area contributed by atoms with Crippen LogP contribution in [-0.2, 0) is 9.84 Å². The molecule has 0 bridgehead atoms. The van der Waals surface area contributed by atoms with E-state index in [4.69, 9.17) is 0 Å². The average molecular weight is 258 g/mol. The summed E-state index contributed by atoms with van der Waals surface area (Å²) in [5.74, 6) is 0.818. The zero-order chi connectivity index (χ0) is 12.4. The fraction of sp³-hybridized carbons (Fsp3) is 1.00. The molecule has 3 rings (SSSR count). The van der Waals surface area contributed by atoms with Crippen molar-refractivity contribution in [1.82, 2.24) is 0 Å². The molecule has 17 heavy (non-hydrogen) atoms. The third-order valence-corrected chi connectivity index (χ3v) is 7.41. The van der Waals surface area contributed by atoms with Crippen LogP contribution in [0.15, 0.2) is 0 Å². The molecule has 0 radical (unpaired) electrons. The summed E-state index contributed by atoms with van der Waals surface area (Å²) in [6.07, 6.45) is 5.45. The van der Waals surface area contributed by atoms with E-state index in [9.17, 15) is 8.42 Å². The van der Waals surface area contributed by atoms with Gasteiger partial charge in [0.15, 0.2) is 9.84 Å². The van der Waals surface area contributed by atoms with Crippen molar-refractivity contribution in [1.29, 1.82) is 0 Å². The van der Waals surface area contributed by atoms with Gasteiger partial charge in [0.1, 0.15) is 0 Å². The molecule has 3 aliphatic rings. The Bertz CT molecular complexity index is 420. The van der Waals surface area contributed by atoms with Crippen LogP contribution in [0.1, 0.15) is 39.5 Å². The normalized spacial score (nSPS) is 35.9. The molecule has 0 unspecified atom stereocenters. The Morgan fingerprint density at radius 3 is 2.06 bits per heavy atom. The van der Waals surface area contributed by atoms with Gasteiger partial charge in [-0.05, 0) is 26.7 Å². The maximum atomic E-state index is 11.6. The lowest BCUT2D eigenvalue weighted by molar-refractivity contribution is -0.959. The molecule has 1 saturated carbocycles. The van der Waals surface area contributed by atoms with E-state index >= 15 is 0 Å². The van der Waals surface area contributed by atoms with Crippen LogP contribution in [0.25, 0.3) is 0 Å². The number of sulfone groups is 1. The number of nitrogens with zero attached hydrogens (tertiary/aromatic N) is 1. The molecule has 0 N–H and O–H groups in total. The van der Waals surface area contributed by atoms with Crippen LogP contribution >= 0.6 is 0 Å². The molecule has 0 aromatic carbocycles. The van der Waals surface area contributed by atoms with Crippen LogP contribution in [0.2, 0.25) is 0 Å². The first-order valence-electron chi connectivity index (χ1n) is 6.85. The molecule has 98 valence electrons.